The van der Waals surface area contributed by atoms with Gasteiger partial charge in [-0.3, -0.25) is 14.4 Å². The third-order valence-corrected chi connectivity index (χ3v) is 16.4. The normalized spacial score (nSPS) is 12.1. The Morgan fingerprint density at radius 2 is 0.418 bits per heavy atom. The van der Waals surface area contributed by atoms with Crippen LogP contribution in [0.1, 0.15) is 406 Å². The van der Waals surface area contributed by atoms with Gasteiger partial charge in [-0.2, -0.15) is 0 Å². The number of carbonyl (C=O) groups is 3. The SMILES string of the molecule is CCCCCCCCC/C=C\CCCCCCCC(=O)OCC(COC(=O)CCCCCCCCCCCCCCCCC/C=C\CCCCCCCCCC)OC(=O)CCCCCCCCCCCCCCCCCCCC. The van der Waals surface area contributed by atoms with Crippen molar-refractivity contribution in [2.75, 3.05) is 13.2 Å². The summed E-state index contributed by atoms with van der Waals surface area (Å²) in [7, 11) is 0. The topological polar surface area (TPSA) is 78.9 Å². The lowest BCUT2D eigenvalue weighted by atomic mass is 10.0. The van der Waals surface area contributed by atoms with Crippen molar-refractivity contribution in [1.29, 1.82) is 0 Å². The van der Waals surface area contributed by atoms with Gasteiger partial charge in [-0.25, -0.2) is 0 Å². The summed E-state index contributed by atoms with van der Waals surface area (Å²) in [6.45, 7) is 6.72. The average molecular weight is 1110 g/mol. The fourth-order valence-corrected chi connectivity index (χ4v) is 11.0. The standard InChI is InChI=1S/C73H138O6/c1-4-7-10-13-16-19-22-25-28-31-33-34-35-36-37-38-39-40-41-43-45-48-51-54-57-60-63-66-72(75)78-69-70(68-77-71(74)65-62-59-56-53-50-47-44-30-27-24-21-18-15-12-9-6-3)79-73(76)67-64-61-58-55-52-49-46-42-32-29-26-23-20-17-14-11-8-5-2/h30-31,33,44,70H,4-29,32,34-43,45-69H2,1-3H3/b33-31-,44-30-. The molecule has 0 aromatic heterocycles. The van der Waals surface area contributed by atoms with Gasteiger partial charge in [0.15, 0.2) is 6.10 Å². The molecule has 6 nitrogen and oxygen atoms in total. The number of allylic oxidation sites excluding steroid dienone is 4. The molecule has 0 aromatic rings. The van der Waals surface area contributed by atoms with Gasteiger partial charge in [0.1, 0.15) is 13.2 Å². The molecule has 0 saturated carbocycles. The molecule has 0 amide bonds. The van der Waals surface area contributed by atoms with E-state index in [0.717, 1.165) is 64.2 Å². The lowest BCUT2D eigenvalue weighted by Crippen LogP contribution is -2.30. The molecule has 79 heavy (non-hydrogen) atoms. The zero-order chi connectivity index (χ0) is 57.1. The van der Waals surface area contributed by atoms with Crippen LogP contribution in [0.15, 0.2) is 24.3 Å². The monoisotopic (exact) mass is 1110 g/mol. The van der Waals surface area contributed by atoms with Crippen LogP contribution < -0.4 is 0 Å². The molecule has 0 bridgehead atoms. The van der Waals surface area contributed by atoms with Crippen LogP contribution in [0.4, 0.5) is 0 Å². The molecule has 6 heteroatoms. The second-order valence-corrected chi connectivity index (χ2v) is 24.5. The maximum Gasteiger partial charge on any atom is 0.306 e. The molecular formula is C73H138O6. The summed E-state index contributed by atoms with van der Waals surface area (Å²) in [6, 6.07) is 0. The maximum atomic E-state index is 12.9. The van der Waals surface area contributed by atoms with Crippen LogP contribution in [0.3, 0.4) is 0 Å². The van der Waals surface area contributed by atoms with E-state index in [2.05, 4.69) is 45.1 Å². The van der Waals surface area contributed by atoms with Crippen LogP contribution in [0.5, 0.6) is 0 Å². The zero-order valence-corrected chi connectivity index (χ0v) is 53.7. The molecule has 0 heterocycles. The van der Waals surface area contributed by atoms with Gasteiger partial charge in [0.2, 0.25) is 0 Å². The van der Waals surface area contributed by atoms with E-state index in [1.807, 2.05) is 0 Å². The van der Waals surface area contributed by atoms with Crippen molar-refractivity contribution >= 4 is 17.9 Å². The van der Waals surface area contributed by atoms with E-state index in [1.165, 1.54) is 302 Å². The molecule has 0 aromatic carbocycles. The number of hydrogen-bond acceptors (Lipinski definition) is 6. The molecule has 0 aliphatic heterocycles. The summed E-state index contributed by atoms with van der Waals surface area (Å²) < 4.78 is 17.0. The first-order valence-electron chi connectivity index (χ1n) is 35.8. The Hall–Kier alpha value is -2.11. The molecule has 0 rings (SSSR count). The van der Waals surface area contributed by atoms with Gasteiger partial charge in [0.05, 0.1) is 0 Å². The van der Waals surface area contributed by atoms with Crippen LogP contribution in [0.2, 0.25) is 0 Å². The quantitative estimate of drug-likeness (QED) is 0.0261. The molecule has 466 valence electrons. The number of ether oxygens (including phenoxy) is 3. The summed E-state index contributed by atoms with van der Waals surface area (Å²) in [4.78, 5) is 38.4. The van der Waals surface area contributed by atoms with Gasteiger partial charge in [-0.1, -0.05) is 340 Å². The van der Waals surface area contributed by atoms with Gasteiger partial charge in [0, 0.05) is 19.3 Å². The fraction of sp³-hybridized carbons (Fsp3) is 0.904. The van der Waals surface area contributed by atoms with Gasteiger partial charge in [-0.15, -0.1) is 0 Å². The fourth-order valence-electron chi connectivity index (χ4n) is 11.0. The minimum Gasteiger partial charge on any atom is -0.462 e. The summed E-state index contributed by atoms with van der Waals surface area (Å²) in [5.41, 5.74) is 0. The lowest BCUT2D eigenvalue weighted by molar-refractivity contribution is -0.167. The van der Waals surface area contributed by atoms with Crippen molar-refractivity contribution in [3.05, 3.63) is 24.3 Å². The van der Waals surface area contributed by atoms with Gasteiger partial charge in [-0.05, 0) is 70.6 Å². The second-order valence-electron chi connectivity index (χ2n) is 24.5. The van der Waals surface area contributed by atoms with Crippen LogP contribution >= 0.6 is 0 Å². The van der Waals surface area contributed by atoms with E-state index in [9.17, 15) is 14.4 Å². The number of hydrogen-bond donors (Lipinski definition) is 0. The van der Waals surface area contributed by atoms with Gasteiger partial charge >= 0.3 is 17.9 Å². The van der Waals surface area contributed by atoms with E-state index < -0.39 is 6.10 Å². The first-order valence-corrected chi connectivity index (χ1v) is 35.8. The zero-order valence-electron chi connectivity index (χ0n) is 53.7. The number of unbranched alkanes of at least 4 members (excludes halogenated alkanes) is 52. The number of carbonyl (C=O) groups excluding carboxylic acids is 3. The van der Waals surface area contributed by atoms with Crippen LogP contribution in [-0.4, -0.2) is 37.2 Å². The highest BCUT2D eigenvalue weighted by Gasteiger charge is 2.19. The van der Waals surface area contributed by atoms with Crippen LogP contribution in [0.25, 0.3) is 0 Å². The molecule has 1 unspecified atom stereocenters. The smallest absolute Gasteiger partial charge is 0.306 e. The summed E-state index contributed by atoms with van der Waals surface area (Å²) >= 11 is 0. The minimum absolute atomic E-state index is 0.0677. The summed E-state index contributed by atoms with van der Waals surface area (Å²) in [5.74, 6) is -0.843. The molecule has 0 saturated heterocycles. The van der Waals surface area contributed by atoms with E-state index in [0.29, 0.717) is 19.3 Å². The number of esters is 3. The summed E-state index contributed by atoms with van der Waals surface area (Å²) in [5, 5.41) is 0. The van der Waals surface area contributed by atoms with Crippen molar-refractivity contribution in [2.24, 2.45) is 0 Å². The molecule has 1 atom stereocenters. The molecular weight excluding hydrogens is 973 g/mol. The van der Waals surface area contributed by atoms with E-state index in [1.54, 1.807) is 0 Å². The molecule has 0 spiro atoms. The Labute approximate surface area is 493 Å². The maximum absolute atomic E-state index is 12.9. The third kappa shape index (κ3) is 66.6. The Balaban J connectivity index is 4.23. The minimum atomic E-state index is -0.772. The Morgan fingerprint density at radius 1 is 0.241 bits per heavy atom. The Kier molecular flexibility index (Phi) is 66.6. The van der Waals surface area contributed by atoms with Crippen molar-refractivity contribution in [1.82, 2.24) is 0 Å². The second kappa shape index (κ2) is 68.4. The van der Waals surface area contributed by atoms with E-state index in [4.69, 9.17) is 14.2 Å². The van der Waals surface area contributed by atoms with Gasteiger partial charge < -0.3 is 14.2 Å². The highest BCUT2D eigenvalue weighted by atomic mass is 16.6. The molecule has 0 aliphatic rings. The van der Waals surface area contributed by atoms with Crippen molar-refractivity contribution in [3.63, 3.8) is 0 Å². The largest absolute Gasteiger partial charge is 0.462 e. The Bertz CT molecular complexity index is 1270. The highest BCUT2D eigenvalue weighted by Crippen LogP contribution is 2.19. The van der Waals surface area contributed by atoms with E-state index in [-0.39, 0.29) is 31.1 Å². The first-order chi connectivity index (χ1) is 39.0. The van der Waals surface area contributed by atoms with Crippen LogP contribution in [0, 0.1) is 0 Å². The molecule has 0 N–H and O–H groups in total. The molecule has 0 aliphatic carbocycles. The van der Waals surface area contributed by atoms with E-state index >= 15 is 0 Å². The average Bonchev–Trinajstić information content (AvgIpc) is 3.45. The Morgan fingerprint density at radius 3 is 0.633 bits per heavy atom. The van der Waals surface area contributed by atoms with Crippen molar-refractivity contribution in [2.45, 2.75) is 412 Å². The summed E-state index contributed by atoms with van der Waals surface area (Å²) in [6.07, 6.45) is 83.5. The highest BCUT2D eigenvalue weighted by molar-refractivity contribution is 5.71. The molecule has 0 radical (unpaired) electrons. The number of rotatable bonds is 67. The first kappa shape index (κ1) is 76.9. The van der Waals surface area contributed by atoms with Crippen LogP contribution in [-0.2, 0) is 28.6 Å². The van der Waals surface area contributed by atoms with Crippen molar-refractivity contribution in [3.8, 4) is 0 Å². The third-order valence-electron chi connectivity index (χ3n) is 16.4. The molecule has 0 fully saturated rings. The van der Waals surface area contributed by atoms with Crippen molar-refractivity contribution < 1.29 is 28.6 Å². The predicted molar refractivity (Wildman–Crippen MR) is 344 cm³/mol. The predicted octanol–water partition coefficient (Wildman–Crippen LogP) is 24.6. The van der Waals surface area contributed by atoms with Gasteiger partial charge in [0.25, 0.3) is 0 Å². The lowest BCUT2D eigenvalue weighted by Gasteiger charge is -2.18.